The van der Waals surface area contributed by atoms with Gasteiger partial charge in [0.25, 0.3) is 4.58 Å². The lowest BCUT2D eigenvalue weighted by Gasteiger charge is -2.33. The van der Waals surface area contributed by atoms with Gasteiger partial charge in [0.05, 0.1) is 0 Å². The molecule has 2 heterocycles. The van der Waals surface area contributed by atoms with Gasteiger partial charge in [-0.2, -0.15) is 0 Å². The van der Waals surface area contributed by atoms with E-state index in [0.29, 0.717) is 0 Å². The summed E-state index contributed by atoms with van der Waals surface area (Å²) in [7, 11) is 0. The highest BCUT2D eigenvalue weighted by molar-refractivity contribution is 6.87. The molecular formula is C6Cl8N4. The van der Waals surface area contributed by atoms with Crippen LogP contribution in [-0.2, 0) is 0 Å². The maximum atomic E-state index is 5.99. The van der Waals surface area contributed by atoms with Crippen molar-refractivity contribution in [2.75, 3.05) is 0 Å². The number of rotatable bonds is 0. The Hall–Kier alpha value is 1.13. The van der Waals surface area contributed by atoms with Crippen LogP contribution in [0.15, 0.2) is 15.0 Å². The maximum Gasteiger partial charge on any atom is 0.309 e. The van der Waals surface area contributed by atoms with Crippen molar-refractivity contribution in [3.8, 4) is 0 Å². The number of alkyl halides is 6. The molecule has 18 heavy (non-hydrogen) atoms. The summed E-state index contributed by atoms with van der Waals surface area (Å²) in [6.45, 7) is 0. The standard InChI is InChI=1S/C6Cl8N4/c7-1-2(16-5(11,12)15-1)18-4(9,10)3(8)17-6(18,13)14. The molecule has 0 saturated carbocycles. The van der Waals surface area contributed by atoms with Crippen molar-refractivity contribution in [1.82, 2.24) is 4.90 Å². The molecule has 0 atom stereocenters. The summed E-state index contributed by atoms with van der Waals surface area (Å²) in [6, 6.07) is 0. The fourth-order valence-electron chi connectivity index (χ4n) is 1.27. The van der Waals surface area contributed by atoms with Gasteiger partial charge >= 0.3 is 4.58 Å². The van der Waals surface area contributed by atoms with Crippen molar-refractivity contribution >= 4 is 109 Å². The molecule has 0 bridgehead atoms. The third-order valence-electron chi connectivity index (χ3n) is 1.90. The van der Waals surface area contributed by atoms with Crippen LogP contribution in [-0.4, -0.2) is 34.7 Å². The zero-order chi connectivity index (χ0) is 13.9. The van der Waals surface area contributed by atoms with Gasteiger partial charge in [-0.3, -0.25) is 4.90 Å². The van der Waals surface area contributed by atoms with Gasteiger partial charge in [0.15, 0.2) is 16.2 Å². The highest BCUT2D eigenvalue weighted by Gasteiger charge is 2.58. The predicted molar refractivity (Wildman–Crippen MR) is 79.2 cm³/mol. The molecule has 0 unspecified atom stereocenters. The summed E-state index contributed by atoms with van der Waals surface area (Å²) in [5, 5.41) is -0.442. The molecule has 4 nitrogen and oxygen atoms in total. The van der Waals surface area contributed by atoms with Gasteiger partial charge in [0, 0.05) is 0 Å². The lowest BCUT2D eigenvalue weighted by Crippen LogP contribution is -2.51. The number of hydrogen-bond donors (Lipinski definition) is 0. The first-order valence-corrected chi connectivity index (χ1v) is 7.05. The highest BCUT2D eigenvalue weighted by atomic mass is 35.5. The molecule has 0 aromatic heterocycles. The normalized spacial score (nSPS) is 28.0. The number of halogens is 8. The van der Waals surface area contributed by atoms with Crippen LogP contribution in [0.2, 0.25) is 0 Å². The Morgan fingerprint density at radius 1 is 0.833 bits per heavy atom. The quantitative estimate of drug-likeness (QED) is 0.433. The molecule has 0 radical (unpaired) electrons. The van der Waals surface area contributed by atoms with Crippen LogP contribution in [0.1, 0.15) is 0 Å². The van der Waals surface area contributed by atoms with Gasteiger partial charge in [0.2, 0.25) is 4.46 Å². The smallest absolute Gasteiger partial charge is 0.265 e. The van der Waals surface area contributed by atoms with Crippen LogP contribution >= 0.6 is 92.8 Å². The Bertz CT molecular complexity index is 492. The van der Waals surface area contributed by atoms with E-state index in [0.717, 1.165) is 4.90 Å². The average molecular weight is 412 g/mol. The fraction of sp³-hybridized carbons (Fsp3) is 0.500. The molecule has 2 rings (SSSR count). The highest BCUT2D eigenvalue weighted by Crippen LogP contribution is 2.49. The number of aliphatic imine (C=N–C) groups is 3. The van der Waals surface area contributed by atoms with Crippen molar-refractivity contribution in [2.45, 2.75) is 13.6 Å². The molecular weight excluding hydrogens is 412 g/mol. The number of nitrogens with zero attached hydrogens (tertiary/aromatic N) is 4. The van der Waals surface area contributed by atoms with E-state index in [2.05, 4.69) is 15.0 Å². The van der Waals surface area contributed by atoms with Crippen LogP contribution in [0.5, 0.6) is 0 Å². The van der Waals surface area contributed by atoms with E-state index in [1.807, 2.05) is 0 Å². The van der Waals surface area contributed by atoms with Crippen molar-refractivity contribution in [3.63, 3.8) is 0 Å². The van der Waals surface area contributed by atoms with Gasteiger partial charge in [0.1, 0.15) is 0 Å². The SMILES string of the molecule is ClC1=NC(Cl)(Cl)N=C1N1C(Cl)(Cl)N=C(Cl)C1(Cl)Cl. The molecule has 0 amide bonds. The van der Waals surface area contributed by atoms with E-state index in [-0.39, 0.29) is 16.2 Å². The Kier molecular flexibility index (Phi) is 3.94. The minimum atomic E-state index is -1.91. The Labute approximate surface area is 141 Å². The molecule has 0 aromatic rings. The van der Waals surface area contributed by atoms with Gasteiger partial charge < -0.3 is 0 Å². The summed E-state index contributed by atoms with van der Waals surface area (Å²) in [5.41, 5.74) is 0. The second kappa shape index (κ2) is 4.57. The van der Waals surface area contributed by atoms with Crippen molar-refractivity contribution in [3.05, 3.63) is 0 Å². The molecule has 0 N–H and O–H groups in total. The van der Waals surface area contributed by atoms with Gasteiger partial charge in [-0.1, -0.05) is 92.8 Å². The summed E-state index contributed by atoms with van der Waals surface area (Å²) in [5.74, 6) is -0.129. The fourth-order valence-corrected chi connectivity index (χ4v) is 3.47. The lowest BCUT2D eigenvalue weighted by atomic mass is 10.5. The number of amidine groups is 1. The van der Waals surface area contributed by atoms with Gasteiger partial charge in [-0.25, -0.2) is 15.0 Å². The van der Waals surface area contributed by atoms with Crippen LogP contribution in [0, 0.1) is 0 Å². The lowest BCUT2D eigenvalue weighted by molar-refractivity contribution is 0.392. The third-order valence-corrected chi connectivity index (χ3v) is 4.25. The second-order valence-electron chi connectivity index (χ2n) is 3.14. The Morgan fingerprint density at radius 2 is 1.39 bits per heavy atom. The molecule has 0 aliphatic carbocycles. The van der Waals surface area contributed by atoms with Gasteiger partial charge in [-0.05, 0) is 0 Å². The first-order chi connectivity index (χ1) is 7.97. The molecule has 0 spiro atoms. The van der Waals surface area contributed by atoms with Crippen LogP contribution in [0.3, 0.4) is 0 Å². The molecule has 0 aromatic carbocycles. The molecule has 0 saturated heterocycles. The van der Waals surface area contributed by atoms with E-state index in [1.165, 1.54) is 0 Å². The van der Waals surface area contributed by atoms with Gasteiger partial charge in [-0.15, -0.1) is 0 Å². The molecule has 2 aliphatic heterocycles. The summed E-state index contributed by atoms with van der Waals surface area (Å²) in [6.07, 6.45) is 0. The second-order valence-corrected chi connectivity index (χ2v) is 7.63. The number of hydrogen-bond acceptors (Lipinski definition) is 4. The summed E-state index contributed by atoms with van der Waals surface area (Å²) >= 11 is 46.8. The predicted octanol–water partition coefficient (Wildman–Crippen LogP) is 4.30. The van der Waals surface area contributed by atoms with Crippen LogP contribution < -0.4 is 0 Å². The Balaban J connectivity index is 2.51. The molecule has 2 aliphatic rings. The molecule has 12 heteroatoms. The largest absolute Gasteiger partial charge is 0.309 e. The van der Waals surface area contributed by atoms with E-state index < -0.39 is 13.6 Å². The first-order valence-electron chi connectivity index (χ1n) is 4.02. The molecule has 100 valence electrons. The minimum absolute atomic E-state index is 0.129. The zero-order valence-electron chi connectivity index (χ0n) is 7.81. The van der Waals surface area contributed by atoms with Crippen molar-refractivity contribution in [2.24, 2.45) is 15.0 Å². The van der Waals surface area contributed by atoms with E-state index in [1.54, 1.807) is 0 Å². The zero-order valence-corrected chi connectivity index (χ0v) is 13.9. The van der Waals surface area contributed by atoms with Crippen LogP contribution in [0.25, 0.3) is 0 Å². The van der Waals surface area contributed by atoms with E-state index in [9.17, 15) is 0 Å². The first kappa shape index (κ1) is 15.5. The van der Waals surface area contributed by atoms with Crippen molar-refractivity contribution in [1.29, 1.82) is 0 Å². The molecule has 0 fully saturated rings. The van der Waals surface area contributed by atoms with E-state index in [4.69, 9.17) is 92.8 Å². The van der Waals surface area contributed by atoms with Crippen molar-refractivity contribution < 1.29 is 0 Å². The van der Waals surface area contributed by atoms with Crippen LogP contribution in [0.4, 0.5) is 0 Å². The topological polar surface area (TPSA) is 40.3 Å². The minimum Gasteiger partial charge on any atom is -0.265 e. The average Bonchev–Trinajstić information content (AvgIpc) is 2.44. The monoisotopic (exact) mass is 408 g/mol. The maximum absolute atomic E-state index is 5.99. The summed E-state index contributed by atoms with van der Waals surface area (Å²) in [4.78, 5) is 12.0. The third kappa shape index (κ3) is 2.51. The van der Waals surface area contributed by atoms with E-state index >= 15 is 0 Å². The summed E-state index contributed by atoms with van der Waals surface area (Å²) < 4.78 is -5.59. The Morgan fingerprint density at radius 3 is 1.72 bits per heavy atom.